The van der Waals surface area contributed by atoms with Gasteiger partial charge in [0.1, 0.15) is 5.75 Å². The first kappa shape index (κ1) is 24.2. The molecule has 0 bridgehead atoms. The van der Waals surface area contributed by atoms with Crippen molar-refractivity contribution in [3.05, 3.63) is 24.3 Å². The first-order valence-corrected chi connectivity index (χ1v) is 12.6. The minimum absolute atomic E-state index is 0.241. The maximum absolute atomic E-state index is 12.8. The van der Waals surface area contributed by atoms with Crippen LogP contribution in [0.1, 0.15) is 45.4 Å². The van der Waals surface area contributed by atoms with Crippen molar-refractivity contribution in [3.63, 3.8) is 0 Å². The molecule has 0 aliphatic carbocycles. The van der Waals surface area contributed by atoms with Crippen LogP contribution in [0, 0.1) is 0 Å². The summed E-state index contributed by atoms with van der Waals surface area (Å²) in [4.78, 5) is 38.3. The van der Waals surface area contributed by atoms with Gasteiger partial charge in [0, 0.05) is 45.5 Å². The maximum atomic E-state index is 12.8. The summed E-state index contributed by atoms with van der Waals surface area (Å²) in [6.07, 6.45) is 6.67. The molecule has 0 spiro atoms. The number of piperazine rings is 1. The number of carbonyl (C=O) groups excluding carboxylic acids is 2. The van der Waals surface area contributed by atoms with E-state index in [0.717, 1.165) is 57.3 Å². The molecule has 3 amide bonds. The van der Waals surface area contributed by atoms with E-state index in [-0.39, 0.29) is 11.9 Å². The molecule has 186 valence electrons. The lowest BCUT2D eigenvalue weighted by Gasteiger charge is -2.41. The van der Waals surface area contributed by atoms with Crippen molar-refractivity contribution in [2.75, 3.05) is 51.8 Å². The van der Waals surface area contributed by atoms with Gasteiger partial charge >= 0.3 is 6.03 Å². The van der Waals surface area contributed by atoms with Crippen molar-refractivity contribution in [3.8, 4) is 5.75 Å². The predicted octanol–water partition coefficient (Wildman–Crippen LogP) is 2.73. The highest BCUT2D eigenvalue weighted by Gasteiger charge is 2.49. The van der Waals surface area contributed by atoms with Gasteiger partial charge in [0.25, 0.3) is 5.91 Å². The lowest BCUT2D eigenvalue weighted by atomic mass is 10.1. The van der Waals surface area contributed by atoms with Crippen LogP contribution < -0.4 is 15.0 Å². The smallest absolute Gasteiger partial charge is 0.325 e. The van der Waals surface area contributed by atoms with Crippen molar-refractivity contribution in [2.24, 2.45) is 4.99 Å². The SMILES string of the molecule is CCCCCCCCN1C(N2CCN(c3ccc(OC)cc3)CC2)=NC2C1C(=O)NC(=O)N2C. The number of benzene rings is 1. The highest BCUT2D eigenvalue weighted by Crippen LogP contribution is 2.27. The third-order valence-electron chi connectivity index (χ3n) is 7.09. The summed E-state index contributed by atoms with van der Waals surface area (Å²) in [5, 5.41) is 2.51. The number of ether oxygens (including phenoxy) is 1. The zero-order valence-electron chi connectivity index (χ0n) is 20.7. The molecule has 3 heterocycles. The summed E-state index contributed by atoms with van der Waals surface area (Å²) in [7, 11) is 3.40. The zero-order valence-corrected chi connectivity index (χ0v) is 20.7. The Morgan fingerprint density at radius 1 is 0.971 bits per heavy atom. The molecular formula is C25H38N6O3. The Bertz CT molecular complexity index is 881. The number of nitrogens with zero attached hydrogens (tertiary/aromatic N) is 5. The Morgan fingerprint density at radius 2 is 1.62 bits per heavy atom. The molecule has 2 saturated heterocycles. The number of urea groups is 1. The number of hydrogen-bond donors (Lipinski definition) is 1. The molecule has 3 aliphatic rings. The van der Waals surface area contributed by atoms with Crippen LogP contribution in [0.3, 0.4) is 0 Å². The Hall–Kier alpha value is -2.97. The number of unbranched alkanes of at least 4 members (excludes halogenated alkanes) is 5. The molecule has 1 aromatic carbocycles. The molecule has 1 aromatic rings. The molecule has 2 unspecified atom stereocenters. The van der Waals surface area contributed by atoms with Gasteiger partial charge in [0.2, 0.25) is 0 Å². The van der Waals surface area contributed by atoms with Crippen LogP contribution in [-0.2, 0) is 4.79 Å². The fraction of sp³-hybridized carbons (Fsp3) is 0.640. The van der Waals surface area contributed by atoms with Crippen LogP contribution in [0.25, 0.3) is 0 Å². The van der Waals surface area contributed by atoms with E-state index in [4.69, 9.17) is 9.73 Å². The predicted molar refractivity (Wildman–Crippen MR) is 133 cm³/mol. The van der Waals surface area contributed by atoms with E-state index >= 15 is 0 Å². The number of nitrogens with one attached hydrogen (secondary N) is 1. The summed E-state index contributed by atoms with van der Waals surface area (Å²) in [5.74, 6) is 1.47. The Labute approximate surface area is 202 Å². The highest BCUT2D eigenvalue weighted by molar-refractivity contribution is 6.03. The number of likely N-dealkylation sites (N-methyl/N-ethyl adjacent to an activating group) is 1. The summed E-state index contributed by atoms with van der Waals surface area (Å²) in [5.41, 5.74) is 1.18. The number of anilines is 1. The number of rotatable bonds is 9. The van der Waals surface area contributed by atoms with Crippen LogP contribution in [0.15, 0.2) is 29.3 Å². The quantitative estimate of drug-likeness (QED) is 0.559. The fourth-order valence-corrected chi connectivity index (χ4v) is 5.03. The molecule has 9 nitrogen and oxygen atoms in total. The molecule has 0 radical (unpaired) electrons. The average molecular weight is 471 g/mol. The van der Waals surface area contributed by atoms with Gasteiger partial charge in [-0.15, -0.1) is 0 Å². The summed E-state index contributed by atoms with van der Waals surface area (Å²) in [6.45, 7) is 6.37. The minimum atomic E-state index is -0.462. The van der Waals surface area contributed by atoms with Gasteiger partial charge in [-0.1, -0.05) is 39.0 Å². The number of amides is 3. The molecule has 2 atom stereocenters. The van der Waals surface area contributed by atoms with E-state index in [2.05, 4.69) is 39.1 Å². The first-order valence-electron chi connectivity index (χ1n) is 12.6. The lowest BCUT2D eigenvalue weighted by Crippen LogP contribution is -2.64. The number of methoxy groups -OCH3 is 1. The number of fused-ring (bicyclic) bond motifs is 1. The topological polar surface area (TPSA) is 80.7 Å². The molecule has 2 fully saturated rings. The molecule has 3 aliphatic heterocycles. The second-order valence-electron chi connectivity index (χ2n) is 9.33. The van der Waals surface area contributed by atoms with Crippen molar-refractivity contribution in [1.29, 1.82) is 0 Å². The second-order valence-corrected chi connectivity index (χ2v) is 9.33. The van der Waals surface area contributed by atoms with Crippen LogP contribution >= 0.6 is 0 Å². The van der Waals surface area contributed by atoms with Crippen LogP contribution in [0.4, 0.5) is 10.5 Å². The van der Waals surface area contributed by atoms with E-state index in [0.29, 0.717) is 0 Å². The third kappa shape index (κ3) is 5.08. The molecule has 0 saturated carbocycles. The first-order chi connectivity index (χ1) is 16.5. The van der Waals surface area contributed by atoms with Gasteiger partial charge in [-0.25, -0.2) is 9.79 Å². The van der Waals surface area contributed by atoms with Crippen molar-refractivity contribution in [2.45, 2.75) is 57.7 Å². The number of carbonyl (C=O) groups is 2. The van der Waals surface area contributed by atoms with Gasteiger partial charge in [-0.3, -0.25) is 10.1 Å². The number of aliphatic imine (C=N–C) groups is 1. The van der Waals surface area contributed by atoms with Gasteiger partial charge < -0.3 is 24.3 Å². The van der Waals surface area contributed by atoms with Crippen molar-refractivity contribution in [1.82, 2.24) is 20.0 Å². The number of guanidine groups is 1. The lowest BCUT2D eigenvalue weighted by molar-refractivity contribution is -0.127. The van der Waals surface area contributed by atoms with Crippen molar-refractivity contribution >= 4 is 23.6 Å². The van der Waals surface area contributed by atoms with E-state index in [1.165, 1.54) is 31.4 Å². The Kier molecular flexibility index (Phi) is 7.80. The molecule has 4 rings (SSSR count). The van der Waals surface area contributed by atoms with Crippen LogP contribution in [0.2, 0.25) is 0 Å². The van der Waals surface area contributed by atoms with E-state index in [9.17, 15) is 9.59 Å². The zero-order chi connectivity index (χ0) is 24.1. The highest BCUT2D eigenvalue weighted by atomic mass is 16.5. The van der Waals surface area contributed by atoms with Crippen LogP contribution in [-0.4, -0.2) is 91.7 Å². The third-order valence-corrected chi connectivity index (χ3v) is 7.09. The maximum Gasteiger partial charge on any atom is 0.325 e. The van der Waals surface area contributed by atoms with E-state index in [1.54, 1.807) is 19.1 Å². The van der Waals surface area contributed by atoms with Gasteiger partial charge in [0.15, 0.2) is 18.2 Å². The number of hydrogen-bond acceptors (Lipinski definition) is 7. The monoisotopic (exact) mass is 470 g/mol. The molecule has 1 N–H and O–H groups in total. The Balaban J connectivity index is 1.43. The van der Waals surface area contributed by atoms with Crippen molar-refractivity contribution < 1.29 is 14.3 Å². The minimum Gasteiger partial charge on any atom is -0.497 e. The largest absolute Gasteiger partial charge is 0.497 e. The van der Waals surface area contributed by atoms with Gasteiger partial charge in [0.05, 0.1) is 7.11 Å². The molecule has 34 heavy (non-hydrogen) atoms. The molecule has 0 aromatic heterocycles. The fourth-order valence-electron chi connectivity index (χ4n) is 5.03. The second kappa shape index (κ2) is 11.0. The molecular weight excluding hydrogens is 432 g/mol. The van der Waals surface area contributed by atoms with Crippen LogP contribution in [0.5, 0.6) is 5.75 Å². The molecule has 9 heteroatoms. The Morgan fingerprint density at radius 3 is 2.29 bits per heavy atom. The van der Waals surface area contributed by atoms with Gasteiger partial charge in [-0.05, 0) is 30.7 Å². The summed E-state index contributed by atoms with van der Waals surface area (Å²) < 4.78 is 5.28. The number of imide groups is 1. The standard InChI is InChI=1S/C25H38N6O3/c1-4-5-6-7-8-9-14-31-21-22(28(2)25(33)27-23(21)32)26-24(31)30-17-15-29(16-18-30)19-10-12-20(34-3)13-11-19/h10-13,21-22H,4-9,14-18H2,1-3H3,(H,27,32,33). The summed E-state index contributed by atoms with van der Waals surface area (Å²) in [6, 6.07) is 7.33. The van der Waals surface area contributed by atoms with E-state index < -0.39 is 12.2 Å². The average Bonchev–Trinajstić information content (AvgIpc) is 3.25. The summed E-state index contributed by atoms with van der Waals surface area (Å²) >= 11 is 0. The van der Waals surface area contributed by atoms with E-state index in [1.807, 2.05) is 12.1 Å². The van der Waals surface area contributed by atoms with Gasteiger partial charge in [-0.2, -0.15) is 0 Å². The normalized spacial score (nSPS) is 22.6.